The minimum Gasteiger partial charge on any atom is -0.271 e. The van der Waals surface area contributed by atoms with Crippen molar-refractivity contribution in [1.82, 2.24) is 5.43 Å². The number of hydrogen-bond acceptors (Lipinski definition) is 2. The Hall–Kier alpha value is -0.570. The molecule has 96 valence electrons. The molecular formula is C14H23ClN2. The molecule has 0 saturated heterocycles. The molecular weight excluding hydrogens is 232 g/mol. The van der Waals surface area contributed by atoms with Gasteiger partial charge >= 0.3 is 0 Å². The van der Waals surface area contributed by atoms with Crippen molar-refractivity contribution < 1.29 is 0 Å². The lowest BCUT2D eigenvalue weighted by atomic mass is 9.87. The lowest BCUT2D eigenvalue weighted by Crippen LogP contribution is -2.37. The van der Waals surface area contributed by atoms with E-state index in [1.165, 1.54) is 5.56 Å². The Bertz CT molecular complexity index is 344. The molecule has 1 aromatic carbocycles. The van der Waals surface area contributed by atoms with E-state index in [1.807, 2.05) is 18.2 Å². The Morgan fingerprint density at radius 3 is 2.59 bits per heavy atom. The van der Waals surface area contributed by atoms with Crippen LogP contribution in [0.2, 0.25) is 5.02 Å². The summed E-state index contributed by atoms with van der Waals surface area (Å²) in [7, 11) is 0. The van der Waals surface area contributed by atoms with Crippen LogP contribution in [0.15, 0.2) is 24.3 Å². The second-order valence-corrected chi connectivity index (χ2v) is 6.23. The summed E-state index contributed by atoms with van der Waals surface area (Å²) in [6, 6.07) is 8.28. The average Bonchev–Trinajstić information content (AvgIpc) is 2.23. The summed E-state index contributed by atoms with van der Waals surface area (Å²) in [6.07, 6.45) is 3.15. The van der Waals surface area contributed by atoms with Crippen LogP contribution in [0, 0.1) is 5.41 Å². The van der Waals surface area contributed by atoms with Crippen LogP contribution in [0.5, 0.6) is 0 Å². The highest BCUT2D eigenvalue weighted by Crippen LogP contribution is 2.22. The predicted molar refractivity (Wildman–Crippen MR) is 75.0 cm³/mol. The van der Waals surface area contributed by atoms with Crippen LogP contribution < -0.4 is 11.3 Å². The minimum absolute atomic E-state index is 0.313. The highest BCUT2D eigenvalue weighted by Gasteiger charge is 2.14. The summed E-state index contributed by atoms with van der Waals surface area (Å²) in [5.74, 6) is 5.61. The van der Waals surface area contributed by atoms with Gasteiger partial charge in [-0.05, 0) is 42.4 Å². The average molecular weight is 255 g/mol. The fraction of sp³-hybridized carbons (Fsp3) is 0.571. The van der Waals surface area contributed by atoms with Crippen molar-refractivity contribution in [2.75, 3.05) is 0 Å². The van der Waals surface area contributed by atoms with Crippen molar-refractivity contribution >= 4 is 11.6 Å². The third-order valence-corrected chi connectivity index (χ3v) is 3.08. The number of nitrogens with one attached hydrogen (secondary N) is 1. The summed E-state index contributed by atoms with van der Waals surface area (Å²) in [6.45, 7) is 6.75. The van der Waals surface area contributed by atoms with Crippen molar-refractivity contribution in [3.63, 3.8) is 0 Å². The molecule has 0 bridgehead atoms. The van der Waals surface area contributed by atoms with Gasteiger partial charge in [-0.2, -0.15) is 0 Å². The molecule has 0 aliphatic rings. The molecule has 1 rings (SSSR count). The summed E-state index contributed by atoms with van der Waals surface area (Å²) in [5.41, 5.74) is 4.48. The fourth-order valence-electron chi connectivity index (χ4n) is 1.80. The van der Waals surface area contributed by atoms with Crippen LogP contribution in [0.4, 0.5) is 0 Å². The minimum atomic E-state index is 0.313. The molecule has 0 radical (unpaired) electrons. The van der Waals surface area contributed by atoms with Crippen molar-refractivity contribution in [3.8, 4) is 0 Å². The Morgan fingerprint density at radius 1 is 1.35 bits per heavy atom. The second kappa shape index (κ2) is 6.39. The molecule has 0 aromatic heterocycles. The van der Waals surface area contributed by atoms with Gasteiger partial charge in [0, 0.05) is 11.1 Å². The topological polar surface area (TPSA) is 38.0 Å². The monoisotopic (exact) mass is 254 g/mol. The zero-order chi connectivity index (χ0) is 12.9. The summed E-state index contributed by atoms with van der Waals surface area (Å²) in [5, 5.41) is 0.786. The van der Waals surface area contributed by atoms with Gasteiger partial charge in [-0.15, -0.1) is 0 Å². The first kappa shape index (κ1) is 14.5. The lowest BCUT2D eigenvalue weighted by Gasteiger charge is -2.22. The molecule has 0 heterocycles. The van der Waals surface area contributed by atoms with E-state index in [4.69, 9.17) is 17.4 Å². The number of rotatable bonds is 5. The van der Waals surface area contributed by atoms with Crippen LogP contribution in [-0.2, 0) is 6.42 Å². The maximum absolute atomic E-state index is 5.97. The fourth-order valence-corrected chi connectivity index (χ4v) is 2.01. The molecule has 3 heteroatoms. The maximum Gasteiger partial charge on any atom is 0.0408 e. The summed E-state index contributed by atoms with van der Waals surface area (Å²) in [4.78, 5) is 0. The zero-order valence-electron chi connectivity index (χ0n) is 11.0. The number of hydrogen-bond donors (Lipinski definition) is 2. The molecule has 0 aliphatic carbocycles. The van der Waals surface area contributed by atoms with Crippen molar-refractivity contribution in [1.29, 1.82) is 0 Å². The molecule has 0 fully saturated rings. The number of benzene rings is 1. The van der Waals surface area contributed by atoms with Crippen molar-refractivity contribution in [2.45, 2.75) is 46.1 Å². The molecule has 0 spiro atoms. The van der Waals surface area contributed by atoms with Crippen molar-refractivity contribution in [2.24, 2.45) is 11.3 Å². The molecule has 0 aliphatic heterocycles. The van der Waals surface area contributed by atoms with E-state index in [9.17, 15) is 0 Å². The van der Waals surface area contributed by atoms with Gasteiger partial charge in [0.1, 0.15) is 0 Å². The molecule has 1 unspecified atom stereocenters. The molecule has 1 atom stereocenters. The largest absolute Gasteiger partial charge is 0.271 e. The quantitative estimate of drug-likeness (QED) is 0.623. The third kappa shape index (κ3) is 6.06. The van der Waals surface area contributed by atoms with Crippen LogP contribution in [0.1, 0.15) is 39.2 Å². The van der Waals surface area contributed by atoms with Gasteiger partial charge in [0.2, 0.25) is 0 Å². The van der Waals surface area contributed by atoms with Gasteiger partial charge in [0.25, 0.3) is 0 Å². The lowest BCUT2D eigenvalue weighted by molar-refractivity contribution is 0.330. The van der Waals surface area contributed by atoms with Crippen molar-refractivity contribution in [3.05, 3.63) is 34.9 Å². The standard InChI is InChI=1S/C14H23ClN2/c1-14(2,3)8-7-13(17-16)10-11-5-4-6-12(15)9-11/h4-6,9,13,17H,7-8,10,16H2,1-3H3. The van der Waals surface area contributed by atoms with E-state index in [2.05, 4.69) is 32.3 Å². The first-order chi connectivity index (χ1) is 7.90. The highest BCUT2D eigenvalue weighted by atomic mass is 35.5. The van der Waals surface area contributed by atoms with Gasteiger partial charge in [-0.1, -0.05) is 44.5 Å². The molecule has 17 heavy (non-hydrogen) atoms. The Balaban J connectivity index is 2.52. The number of nitrogens with two attached hydrogens (primary N) is 1. The Morgan fingerprint density at radius 2 is 2.06 bits per heavy atom. The molecule has 2 nitrogen and oxygen atoms in total. The second-order valence-electron chi connectivity index (χ2n) is 5.80. The smallest absolute Gasteiger partial charge is 0.0408 e. The Labute approximate surface area is 110 Å². The van der Waals surface area contributed by atoms with Gasteiger partial charge < -0.3 is 0 Å². The summed E-state index contributed by atoms with van der Waals surface area (Å²) < 4.78 is 0. The third-order valence-electron chi connectivity index (χ3n) is 2.85. The number of hydrazine groups is 1. The van der Waals surface area contributed by atoms with Gasteiger partial charge in [-0.3, -0.25) is 11.3 Å². The highest BCUT2D eigenvalue weighted by molar-refractivity contribution is 6.30. The number of halogens is 1. The predicted octanol–water partition coefficient (Wildman–Crippen LogP) is 3.54. The van der Waals surface area contributed by atoms with Crippen LogP contribution in [-0.4, -0.2) is 6.04 Å². The van der Waals surface area contributed by atoms with Gasteiger partial charge in [-0.25, -0.2) is 0 Å². The van der Waals surface area contributed by atoms with Crippen LogP contribution in [0.25, 0.3) is 0 Å². The molecule has 0 saturated carbocycles. The van der Waals surface area contributed by atoms with Gasteiger partial charge in [0.15, 0.2) is 0 Å². The van der Waals surface area contributed by atoms with E-state index >= 15 is 0 Å². The van der Waals surface area contributed by atoms with Crippen LogP contribution in [0.3, 0.4) is 0 Å². The summed E-state index contributed by atoms with van der Waals surface area (Å²) >= 11 is 5.97. The first-order valence-electron chi connectivity index (χ1n) is 6.11. The molecule has 3 N–H and O–H groups in total. The molecule has 0 amide bonds. The Kier molecular flexibility index (Phi) is 5.44. The maximum atomic E-state index is 5.97. The molecule has 1 aromatic rings. The van der Waals surface area contributed by atoms with E-state index in [1.54, 1.807) is 0 Å². The first-order valence-corrected chi connectivity index (χ1v) is 6.49. The SMILES string of the molecule is CC(C)(C)CCC(Cc1cccc(Cl)c1)NN. The van der Waals surface area contributed by atoms with E-state index in [0.717, 1.165) is 24.3 Å². The van der Waals surface area contributed by atoms with Gasteiger partial charge in [0.05, 0.1) is 0 Å². The van der Waals surface area contributed by atoms with Crippen LogP contribution >= 0.6 is 11.6 Å². The van der Waals surface area contributed by atoms with E-state index in [-0.39, 0.29) is 0 Å². The van der Waals surface area contributed by atoms with E-state index in [0.29, 0.717) is 11.5 Å². The normalized spacial score (nSPS) is 13.7. The zero-order valence-corrected chi connectivity index (χ0v) is 11.7. The van der Waals surface area contributed by atoms with E-state index < -0.39 is 0 Å².